The Morgan fingerprint density at radius 3 is 3.00 bits per heavy atom. The summed E-state index contributed by atoms with van der Waals surface area (Å²) < 4.78 is 5.26. The quantitative estimate of drug-likeness (QED) is 0.739. The maximum absolute atomic E-state index is 8.91. The molecule has 0 spiro atoms. The number of rotatable bonds is 4. The second-order valence-corrected chi connectivity index (χ2v) is 5.41. The first kappa shape index (κ1) is 13.5. The summed E-state index contributed by atoms with van der Waals surface area (Å²) in [7, 11) is 0. The van der Waals surface area contributed by atoms with Gasteiger partial charge in [-0.2, -0.15) is 10.2 Å². The molecule has 1 aromatic carbocycles. The SMILES string of the molecule is CCc1nc(Cc2noc(-c3cccc(C#N)c3)n2)cs1. The molecule has 2 heterocycles. The van der Waals surface area contributed by atoms with Gasteiger partial charge in [0.2, 0.25) is 0 Å². The van der Waals surface area contributed by atoms with Gasteiger partial charge in [0.25, 0.3) is 5.89 Å². The van der Waals surface area contributed by atoms with Gasteiger partial charge in [-0.3, -0.25) is 0 Å². The van der Waals surface area contributed by atoms with E-state index in [0.29, 0.717) is 23.7 Å². The standard InChI is InChI=1S/C15H12N4OS/c1-2-14-17-12(9-21-14)7-13-18-15(20-19-13)11-5-3-4-10(6-11)8-16/h3-6,9H,2,7H2,1H3. The first-order valence-corrected chi connectivity index (χ1v) is 7.43. The van der Waals surface area contributed by atoms with E-state index < -0.39 is 0 Å². The number of hydrogen-bond donors (Lipinski definition) is 0. The van der Waals surface area contributed by atoms with Crippen LogP contribution >= 0.6 is 11.3 Å². The van der Waals surface area contributed by atoms with E-state index in [1.54, 1.807) is 29.5 Å². The van der Waals surface area contributed by atoms with Crippen LogP contribution in [0.1, 0.15) is 29.0 Å². The number of hydrogen-bond acceptors (Lipinski definition) is 6. The topological polar surface area (TPSA) is 75.6 Å². The van der Waals surface area contributed by atoms with Gasteiger partial charge in [-0.15, -0.1) is 11.3 Å². The number of aryl methyl sites for hydroxylation is 1. The van der Waals surface area contributed by atoms with E-state index >= 15 is 0 Å². The van der Waals surface area contributed by atoms with Crippen LogP contribution in [0.25, 0.3) is 11.5 Å². The van der Waals surface area contributed by atoms with Crippen LogP contribution in [0, 0.1) is 11.3 Å². The largest absolute Gasteiger partial charge is 0.334 e. The Morgan fingerprint density at radius 2 is 2.24 bits per heavy atom. The van der Waals surface area contributed by atoms with Gasteiger partial charge in [-0.05, 0) is 24.6 Å². The van der Waals surface area contributed by atoms with Crippen LogP contribution in [0.4, 0.5) is 0 Å². The summed E-state index contributed by atoms with van der Waals surface area (Å²) in [5.74, 6) is 1.02. The Kier molecular flexibility index (Phi) is 3.75. The van der Waals surface area contributed by atoms with E-state index in [1.807, 2.05) is 11.4 Å². The minimum Gasteiger partial charge on any atom is -0.334 e. The van der Waals surface area contributed by atoms with Crippen molar-refractivity contribution in [1.29, 1.82) is 5.26 Å². The second-order valence-electron chi connectivity index (χ2n) is 4.47. The number of nitriles is 1. The molecule has 104 valence electrons. The zero-order valence-corrected chi connectivity index (χ0v) is 12.2. The molecule has 21 heavy (non-hydrogen) atoms. The van der Waals surface area contributed by atoms with Crippen LogP contribution in [0.5, 0.6) is 0 Å². The lowest BCUT2D eigenvalue weighted by molar-refractivity contribution is 0.423. The lowest BCUT2D eigenvalue weighted by atomic mass is 10.1. The highest BCUT2D eigenvalue weighted by Gasteiger charge is 2.11. The fourth-order valence-electron chi connectivity index (χ4n) is 1.92. The summed E-state index contributed by atoms with van der Waals surface area (Å²) in [6.45, 7) is 2.08. The molecule has 0 atom stereocenters. The molecule has 5 nitrogen and oxygen atoms in total. The average molecular weight is 296 g/mol. The summed E-state index contributed by atoms with van der Waals surface area (Å²) in [6, 6.07) is 9.21. The van der Waals surface area contributed by atoms with Gasteiger partial charge >= 0.3 is 0 Å². The van der Waals surface area contributed by atoms with E-state index in [4.69, 9.17) is 9.78 Å². The molecule has 3 rings (SSSR count). The zero-order valence-electron chi connectivity index (χ0n) is 11.4. The summed E-state index contributed by atoms with van der Waals surface area (Å²) in [5.41, 5.74) is 2.27. The van der Waals surface area contributed by atoms with E-state index in [-0.39, 0.29) is 0 Å². The maximum atomic E-state index is 8.91. The molecule has 0 amide bonds. The molecule has 0 radical (unpaired) electrons. The van der Waals surface area contributed by atoms with E-state index in [2.05, 4.69) is 28.1 Å². The number of benzene rings is 1. The lowest BCUT2D eigenvalue weighted by Gasteiger charge is -1.93. The predicted octanol–water partition coefficient (Wildman–Crippen LogP) is 3.22. The molecular formula is C15H12N4OS. The zero-order chi connectivity index (χ0) is 14.7. The van der Waals surface area contributed by atoms with Crippen molar-refractivity contribution in [2.45, 2.75) is 19.8 Å². The van der Waals surface area contributed by atoms with Gasteiger partial charge in [-0.25, -0.2) is 4.98 Å². The minimum atomic E-state index is 0.424. The fraction of sp³-hybridized carbons (Fsp3) is 0.200. The van der Waals surface area contributed by atoms with Crippen LogP contribution < -0.4 is 0 Å². The van der Waals surface area contributed by atoms with Crippen molar-refractivity contribution in [3.8, 4) is 17.5 Å². The van der Waals surface area contributed by atoms with Crippen LogP contribution in [-0.2, 0) is 12.8 Å². The highest BCUT2D eigenvalue weighted by Crippen LogP contribution is 2.19. The van der Waals surface area contributed by atoms with E-state index in [9.17, 15) is 0 Å². The third-order valence-electron chi connectivity index (χ3n) is 2.95. The summed E-state index contributed by atoms with van der Waals surface area (Å²) in [4.78, 5) is 8.85. The first-order valence-electron chi connectivity index (χ1n) is 6.55. The number of thiazole rings is 1. The Balaban J connectivity index is 1.81. The van der Waals surface area contributed by atoms with E-state index in [0.717, 1.165) is 22.7 Å². The van der Waals surface area contributed by atoms with Crippen molar-refractivity contribution in [1.82, 2.24) is 15.1 Å². The highest BCUT2D eigenvalue weighted by atomic mass is 32.1. The fourth-order valence-corrected chi connectivity index (χ4v) is 2.66. The van der Waals surface area contributed by atoms with Crippen molar-refractivity contribution in [3.63, 3.8) is 0 Å². The molecule has 0 saturated carbocycles. The average Bonchev–Trinajstić information content (AvgIpc) is 3.17. The van der Waals surface area contributed by atoms with Gasteiger partial charge in [0, 0.05) is 10.9 Å². The third kappa shape index (κ3) is 2.98. The molecular weight excluding hydrogens is 284 g/mol. The molecule has 0 aliphatic heterocycles. The van der Waals surface area contributed by atoms with Crippen LogP contribution in [0.3, 0.4) is 0 Å². The normalized spacial score (nSPS) is 10.5. The van der Waals surface area contributed by atoms with Crippen molar-refractivity contribution >= 4 is 11.3 Å². The molecule has 0 unspecified atom stereocenters. The van der Waals surface area contributed by atoms with Gasteiger partial charge in [0.1, 0.15) is 0 Å². The van der Waals surface area contributed by atoms with Crippen LogP contribution in [0.2, 0.25) is 0 Å². The summed E-state index contributed by atoms with van der Waals surface area (Å²) in [5, 5.41) is 16.0. The molecule has 0 N–H and O–H groups in total. The maximum Gasteiger partial charge on any atom is 0.257 e. The van der Waals surface area contributed by atoms with Crippen molar-refractivity contribution in [2.24, 2.45) is 0 Å². The Morgan fingerprint density at radius 1 is 1.33 bits per heavy atom. The summed E-state index contributed by atoms with van der Waals surface area (Å²) in [6.07, 6.45) is 1.49. The van der Waals surface area contributed by atoms with Crippen molar-refractivity contribution < 1.29 is 4.52 Å². The highest BCUT2D eigenvalue weighted by molar-refractivity contribution is 7.09. The van der Waals surface area contributed by atoms with Crippen LogP contribution in [0.15, 0.2) is 34.2 Å². The predicted molar refractivity (Wildman–Crippen MR) is 78.7 cm³/mol. The van der Waals surface area contributed by atoms with Crippen LogP contribution in [-0.4, -0.2) is 15.1 Å². The lowest BCUT2D eigenvalue weighted by Crippen LogP contribution is -1.92. The molecule has 0 bridgehead atoms. The Bertz CT molecular complexity index is 800. The number of nitrogens with zero attached hydrogens (tertiary/aromatic N) is 4. The first-order chi connectivity index (χ1) is 10.3. The Labute approximate surface area is 125 Å². The third-order valence-corrected chi connectivity index (χ3v) is 3.99. The van der Waals surface area contributed by atoms with Gasteiger partial charge < -0.3 is 4.52 Å². The molecule has 6 heteroatoms. The summed E-state index contributed by atoms with van der Waals surface area (Å²) >= 11 is 1.64. The van der Waals surface area contributed by atoms with Crippen molar-refractivity contribution in [3.05, 3.63) is 51.7 Å². The minimum absolute atomic E-state index is 0.424. The van der Waals surface area contributed by atoms with E-state index in [1.165, 1.54) is 0 Å². The second kappa shape index (κ2) is 5.85. The van der Waals surface area contributed by atoms with Gasteiger partial charge in [0.15, 0.2) is 5.82 Å². The molecule has 0 aliphatic rings. The molecule has 0 saturated heterocycles. The van der Waals surface area contributed by atoms with Gasteiger partial charge in [-0.1, -0.05) is 18.1 Å². The molecule has 2 aromatic heterocycles. The monoisotopic (exact) mass is 296 g/mol. The Hall–Kier alpha value is -2.52. The van der Waals surface area contributed by atoms with Gasteiger partial charge in [0.05, 0.1) is 28.8 Å². The molecule has 3 aromatic rings. The van der Waals surface area contributed by atoms with Crippen molar-refractivity contribution in [2.75, 3.05) is 0 Å². The molecule has 0 aliphatic carbocycles. The molecule has 0 fully saturated rings. The number of aromatic nitrogens is 3. The smallest absolute Gasteiger partial charge is 0.257 e.